The van der Waals surface area contributed by atoms with E-state index in [-0.39, 0.29) is 18.1 Å². The molecule has 0 unspecified atom stereocenters. The lowest BCUT2D eigenvalue weighted by molar-refractivity contribution is -0.123. The van der Waals surface area contributed by atoms with Gasteiger partial charge in [0.25, 0.3) is 5.91 Å². The van der Waals surface area contributed by atoms with Gasteiger partial charge in [-0.2, -0.15) is 5.10 Å². The molecule has 0 radical (unpaired) electrons. The summed E-state index contributed by atoms with van der Waals surface area (Å²) in [4.78, 5) is 11.6. The van der Waals surface area contributed by atoms with Gasteiger partial charge in [0.05, 0.1) is 12.8 Å². The van der Waals surface area contributed by atoms with Crippen molar-refractivity contribution in [3.05, 3.63) is 53.8 Å². The van der Waals surface area contributed by atoms with Crippen LogP contribution in [0.4, 0.5) is 4.39 Å². The maximum absolute atomic E-state index is 13.0. The van der Waals surface area contributed by atoms with Gasteiger partial charge < -0.3 is 14.6 Å². The summed E-state index contributed by atoms with van der Waals surface area (Å²) in [6, 6.07) is 10.2. The average molecular weight is 332 g/mol. The minimum Gasteiger partial charge on any atom is -0.504 e. The summed E-state index contributed by atoms with van der Waals surface area (Å²) in [6.45, 7) is 1.93. The number of aromatic hydroxyl groups is 1. The molecule has 0 spiro atoms. The minimum atomic E-state index is -0.487. The number of halogens is 1. The van der Waals surface area contributed by atoms with Crippen LogP contribution in [0.2, 0.25) is 0 Å². The van der Waals surface area contributed by atoms with Crippen molar-refractivity contribution in [1.29, 1.82) is 0 Å². The molecular weight excluding hydrogens is 315 g/mol. The molecule has 1 amide bonds. The number of amides is 1. The first kappa shape index (κ1) is 17.3. The van der Waals surface area contributed by atoms with E-state index >= 15 is 0 Å². The number of carbonyl (C=O) groups is 1. The topological polar surface area (TPSA) is 80.2 Å². The number of phenolic OH excluding ortho intramolecular Hbond substituents is 1. The van der Waals surface area contributed by atoms with Crippen LogP contribution in [0, 0.1) is 5.82 Å². The third-order valence-corrected chi connectivity index (χ3v) is 2.85. The summed E-state index contributed by atoms with van der Waals surface area (Å²) in [5.41, 5.74) is 2.93. The van der Waals surface area contributed by atoms with Gasteiger partial charge in [-0.15, -0.1) is 0 Å². The maximum atomic E-state index is 13.0. The Hall–Kier alpha value is -3.09. The molecule has 7 heteroatoms. The Bertz CT molecular complexity index is 734. The van der Waals surface area contributed by atoms with Gasteiger partial charge in [-0.1, -0.05) is 6.07 Å². The van der Waals surface area contributed by atoms with Crippen LogP contribution in [0.25, 0.3) is 0 Å². The van der Waals surface area contributed by atoms with Crippen molar-refractivity contribution in [3.63, 3.8) is 0 Å². The molecule has 0 aliphatic heterocycles. The Balaban J connectivity index is 1.85. The second kappa shape index (κ2) is 8.52. The average Bonchev–Trinajstić information content (AvgIpc) is 2.56. The summed E-state index contributed by atoms with van der Waals surface area (Å²) >= 11 is 0. The maximum Gasteiger partial charge on any atom is 0.277 e. The number of nitrogens with zero attached hydrogens (tertiary/aromatic N) is 1. The van der Waals surface area contributed by atoms with Crippen molar-refractivity contribution >= 4 is 12.1 Å². The third kappa shape index (κ3) is 5.28. The van der Waals surface area contributed by atoms with Crippen LogP contribution in [0.1, 0.15) is 12.5 Å². The summed E-state index contributed by atoms with van der Waals surface area (Å²) in [7, 11) is 0. The standard InChI is InChI=1S/C17H17FN2O4/c1-2-23-16-8-12(6-7-15(16)21)10-19-20-17(22)11-24-14-5-3-4-13(18)9-14/h3-10,21H,2,11H2,1H3,(H,20,22)/b19-10+. The van der Waals surface area contributed by atoms with Crippen molar-refractivity contribution < 1.29 is 23.8 Å². The Kier molecular flexibility index (Phi) is 6.13. The molecule has 0 aliphatic carbocycles. The SMILES string of the molecule is CCOc1cc(/C=N/NC(=O)COc2cccc(F)c2)ccc1O. The van der Waals surface area contributed by atoms with Gasteiger partial charge in [-0.3, -0.25) is 4.79 Å². The first-order valence-corrected chi connectivity index (χ1v) is 7.24. The normalized spacial score (nSPS) is 10.6. The molecule has 0 bridgehead atoms. The smallest absolute Gasteiger partial charge is 0.277 e. The van der Waals surface area contributed by atoms with Gasteiger partial charge >= 0.3 is 0 Å². The number of benzene rings is 2. The zero-order valence-electron chi connectivity index (χ0n) is 13.0. The van der Waals surface area contributed by atoms with Crippen molar-refractivity contribution in [2.45, 2.75) is 6.92 Å². The lowest BCUT2D eigenvalue weighted by atomic mass is 10.2. The van der Waals surface area contributed by atoms with E-state index in [0.717, 1.165) is 0 Å². The molecule has 0 heterocycles. The van der Waals surface area contributed by atoms with Crippen molar-refractivity contribution in [1.82, 2.24) is 5.43 Å². The zero-order valence-corrected chi connectivity index (χ0v) is 13.0. The van der Waals surface area contributed by atoms with Gasteiger partial charge in [0.2, 0.25) is 0 Å². The lowest BCUT2D eigenvalue weighted by Crippen LogP contribution is -2.24. The van der Waals surface area contributed by atoms with E-state index in [1.54, 1.807) is 25.1 Å². The molecule has 24 heavy (non-hydrogen) atoms. The first-order valence-electron chi connectivity index (χ1n) is 7.24. The van der Waals surface area contributed by atoms with E-state index in [1.165, 1.54) is 30.5 Å². The Morgan fingerprint density at radius 3 is 2.88 bits per heavy atom. The fourth-order valence-corrected chi connectivity index (χ4v) is 1.80. The summed E-state index contributed by atoms with van der Waals surface area (Å²) in [5, 5.41) is 13.4. The van der Waals surface area contributed by atoms with Crippen LogP contribution >= 0.6 is 0 Å². The van der Waals surface area contributed by atoms with Gasteiger partial charge in [0, 0.05) is 6.07 Å². The monoisotopic (exact) mass is 332 g/mol. The lowest BCUT2D eigenvalue weighted by Gasteiger charge is -2.06. The van der Waals surface area contributed by atoms with Crippen molar-refractivity contribution in [3.8, 4) is 17.2 Å². The summed E-state index contributed by atoms with van der Waals surface area (Å²) in [5.74, 6) is -0.305. The molecule has 2 aromatic rings. The molecule has 2 aromatic carbocycles. The molecule has 0 fully saturated rings. The highest BCUT2D eigenvalue weighted by molar-refractivity contribution is 5.83. The first-order chi connectivity index (χ1) is 11.6. The predicted molar refractivity (Wildman–Crippen MR) is 86.9 cm³/mol. The second-order valence-electron chi connectivity index (χ2n) is 4.70. The summed E-state index contributed by atoms with van der Waals surface area (Å²) < 4.78 is 23.4. The number of hydrazone groups is 1. The van der Waals surface area contributed by atoms with E-state index in [9.17, 15) is 14.3 Å². The van der Waals surface area contributed by atoms with Crippen LogP contribution in [0.15, 0.2) is 47.6 Å². The largest absolute Gasteiger partial charge is 0.504 e. The Labute approximate surface area is 138 Å². The van der Waals surface area contributed by atoms with Crippen molar-refractivity contribution in [2.75, 3.05) is 13.2 Å². The quantitative estimate of drug-likeness (QED) is 0.603. The van der Waals surface area contributed by atoms with Crippen molar-refractivity contribution in [2.24, 2.45) is 5.10 Å². The molecule has 6 nitrogen and oxygen atoms in total. The number of hydrogen-bond acceptors (Lipinski definition) is 5. The molecule has 126 valence electrons. The number of rotatable bonds is 7. The molecule has 0 aromatic heterocycles. The van der Waals surface area contributed by atoms with Crippen LogP contribution < -0.4 is 14.9 Å². The van der Waals surface area contributed by atoms with E-state index in [1.807, 2.05) is 0 Å². The van der Waals surface area contributed by atoms with Gasteiger partial charge in [-0.25, -0.2) is 9.82 Å². The highest BCUT2D eigenvalue weighted by Gasteiger charge is 2.04. The number of carbonyl (C=O) groups excluding carboxylic acids is 1. The highest BCUT2D eigenvalue weighted by Crippen LogP contribution is 2.26. The molecule has 0 atom stereocenters. The van der Waals surface area contributed by atoms with Gasteiger partial charge in [0.15, 0.2) is 18.1 Å². The van der Waals surface area contributed by atoms with E-state index < -0.39 is 11.7 Å². The van der Waals surface area contributed by atoms with Gasteiger partial charge in [-0.05, 0) is 42.8 Å². The second-order valence-corrected chi connectivity index (χ2v) is 4.70. The fourth-order valence-electron chi connectivity index (χ4n) is 1.80. The van der Waals surface area contributed by atoms with Crippen LogP contribution in [0.5, 0.6) is 17.2 Å². The van der Waals surface area contributed by atoms with Crippen LogP contribution in [0.3, 0.4) is 0 Å². The third-order valence-electron chi connectivity index (χ3n) is 2.85. The number of phenols is 1. The van der Waals surface area contributed by atoms with E-state index in [2.05, 4.69) is 10.5 Å². The molecule has 0 saturated carbocycles. The number of nitrogens with one attached hydrogen (secondary N) is 1. The van der Waals surface area contributed by atoms with E-state index in [0.29, 0.717) is 17.9 Å². The van der Waals surface area contributed by atoms with E-state index in [4.69, 9.17) is 9.47 Å². The molecule has 0 saturated heterocycles. The Morgan fingerprint density at radius 1 is 1.29 bits per heavy atom. The Morgan fingerprint density at radius 2 is 2.12 bits per heavy atom. The molecule has 2 N–H and O–H groups in total. The molecule has 0 aliphatic rings. The predicted octanol–water partition coefficient (Wildman–Crippen LogP) is 2.46. The molecule has 2 rings (SSSR count). The van der Waals surface area contributed by atoms with Crippen LogP contribution in [-0.4, -0.2) is 30.4 Å². The highest BCUT2D eigenvalue weighted by atomic mass is 19.1. The van der Waals surface area contributed by atoms with Gasteiger partial charge in [0.1, 0.15) is 11.6 Å². The number of ether oxygens (including phenoxy) is 2. The fraction of sp³-hybridized carbons (Fsp3) is 0.176. The zero-order chi connectivity index (χ0) is 17.4. The number of hydrogen-bond donors (Lipinski definition) is 2. The van der Waals surface area contributed by atoms with Crippen LogP contribution in [-0.2, 0) is 4.79 Å². The summed E-state index contributed by atoms with van der Waals surface area (Å²) in [6.07, 6.45) is 1.40. The minimum absolute atomic E-state index is 0.0292. The molecular formula is C17H17FN2O4.